The lowest BCUT2D eigenvalue weighted by atomic mass is 10.2. The summed E-state index contributed by atoms with van der Waals surface area (Å²) in [6.45, 7) is 1.73. The van der Waals surface area contributed by atoms with Gasteiger partial charge in [-0.3, -0.25) is 0 Å². The molecular weight excluding hydrogens is 258 g/mol. The largest absolute Gasteiger partial charge is 0.492 e. The summed E-state index contributed by atoms with van der Waals surface area (Å²) in [4.78, 5) is 15.2. The molecule has 2 rings (SSSR count). The number of aromatic carboxylic acids is 1. The van der Waals surface area contributed by atoms with Crippen molar-refractivity contribution in [2.75, 3.05) is 0 Å². The normalized spacial score (nSPS) is 10.6. The van der Waals surface area contributed by atoms with Gasteiger partial charge in [-0.1, -0.05) is 18.5 Å². The van der Waals surface area contributed by atoms with Crippen LogP contribution in [0.2, 0.25) is 5.02 Å². The van der Waals surface area contributed by atoms with E-state index in [2.05, 4.69) is 10.1 Å². The molecule has 0 aliphatic carbocycles. The molecule has 6 nitrogen and oxygen atoms in total. The molecule has 0 saturated heterocycles. The summed E-state index contributed by atoms with van der Waals surface area (Å²) in [5.74, 6) is -1.34. The van der Waals surface area contributed by atoms with Crippen LogP contribution in [0.5, 0.6) is 5.88 Å². The number of carbonyl (C=O) groups is 1. The first kappa shape index (κ1) is 12.4. The minimum atomic E-state index is -1.19. The summed E-state index contributed by atoms with van der Waals surface area (Å²) in [6, 6.07) is 3.19. The Balaban J connectivity index is 2.73. The lowest BCUT2D eigenvalue weighted by Crippen LogP contribution is -2.11. The molecule has 0 aliphatic heterocycles. The predicted octanol–water partition coefficient (Wildman–Crippen LogP) is 1.89. The van der Waals surface area contributed by atoms with E-state index in [4.69, 9.17) is 11.6 Å². The van der Waals surface area contributed by atoms with E-state index in [-0.39, 0.29) is 28.0 Å². The van der Waals surface area contributed by atoms with E-state index < -0.39 is 5.97 Å². The van der Waals surface area contributed by atoms with Crippen LogP contribution in [0.15, 0.2) is 18.3 Å². The van der Waals surface area contributed by atoms with Crippen LogP contribution in [-0.2, 0) is 6.42 Å². The fourth-order valence-electron chi connectivity index (χ4n) is 1.67. The average molecular weight is 268 g/mol. The highest BCUT2D eigenvalue weighted by Gasteiger charge is 2.24. The number of hydrogen-bond donors (Lipinski definition) is 2. The van der Waals surface area contributed by atoms with Gasteiger partial charge in [0.05, 0.1) is 5.02 Å². The van der Waals surface area contributed by atoms with E-state index in [1.165, 1.54) is 6.20 Å². The highest BCUT2D eigenvalue weighted by Crippen LogP contribution is 2.26. The number of carboxylic acid groups (broad SMARTS) is 1. The monoisotopic (exact) mass is 267 g/mol. The third-order valence-electron chi connectivity index (χ3n) is 2.46. The maximum absolute atomic E-state index is 11.3. The van der Waals surface area contributed by atoms with Crippen LogP contribution in [0.4, 0.5) is 0 Å². The molecule has 0 bridgehead atoms. The molecule has 0 radical (unpaired) electrons. The second-order valence-electron chi connectivity index (χ2n) is 3.53. The van der Waals surface area contributed by atoms with Crippen molar-refractivity contribution >= 4 is 17.6 Å². The third-order valence-corrected chi connectivity index (χ3v) is 2.75. The molecule has 2 aromatic heterocycles. The quantitative estimate of drug-likeness (QED) is 0.886. The molecule has 0 amide bonds. The molecule has 18 heavy (non-hydrogen) atoms. The Morgan fingerprint density at radius 3 is 2.83 bits per heavy atom. The fraction of sp³-hybridized carbons (Fsp3) is 0.182. The van der Waals surface area contributed by atoms with Gasteiger partial charge in [-0.2, -0.15) is 0 Å². The smallest absolute Gasteiger partial charge is 0.355 e. The molecule has 0 unspecified atom stereocenters. The fourth-order valence-corrected chi connectivity index (χ4v) is 1.87. The first-order valence-electron chi connectivity index (χ1n) is 5.21. The Labute approximate surface area is 107 Å². The van der Waals surface area contributed by atoms with Crippen molar-refractivity contribution in [2.24, 2.45) is 0 Å². The van der Waals surface area contributed by atoms with Crippen LogP contribution in [-0.4, -0.2) is 30.9 Å². The summed E-state index contributed by atoms with van der Waals surface area (Å²) in [5.41, 5.74) is 0.125. The van der Waals surface area contributed by atoms with Gasteiger partial charge in [0.1, 0.15) is 0 Å². The van der Waals surface area contributed by atoms with Crippen LogP contribution in [0.1, 0.15) is 23.0 Å². The zero-order chi connectivity index (χ0) is 13.3. The minimum absolute atomic E-state index is 0.129. The van der Waals surface area contributed by atoms with Crippen molar-refractivity contribution in [3.63, 3.8) is 0 Å². The third kappa shape index (κ3) is 1.91. The van der Waals surface area contributed by atoms with Crippen molar-refractivity contribution in [1.29, 1.82) is 0 Å². The molecule has 0 aromatic carbocycles. The first-order valence-corrected chi connectivity index (χ1v) is 5.59. The molecule has 0 fully saturated rings. The first-order chi connectivity index (χ1) is 8.56. The van der Waals surface area contributed by atoms with Gasteiger partial charge >= 0.3 is 5.97 Å². The Morgan fingerprint density at radius 1 is 1.56 bits per heavy atom. The van der Waals surface area contributed by atoms with Gasteiger partial charge in [-0.05, 0) is 18.6 Å². The topological polar surface area (TPSA) is 88.2 Å². The number of aromatic nitrogens is 3. The van der Waals surface area contributed by atoms with Crippen LogP contribution < -0.4 is 0 Å². The minimum Gasteiger partial charge on any atom is -0.492 e. The lowest BCUT2D eigenvalue weighted by molar-refractivity contribution is 0.0685. The lowest BCUT2D eigenvalue weighted by Gasteiger charge is -2.05. The van der Waals surface area contributed by atoms with Crippen molar-refractivity contribution < 1.29 is 15.0 Å². The van der Waals surface area contributed by atoms with Gasteiger partial charge in [0.2, 0.25) is 5.88 Å². The van der Waals surface area contributed by atoms with Gasteiger partial charge in [0.15, 0.2) is 11.5 Å². The van der Waals surface area contributed by atoms with Crippen LogP contribution >= 0.6 is 11.6 Å². The van der Waals surface area contributed by atoms with Gasteiger partial charge in [0, 0.05) is 11.8 Å². The Bertz CT molecular complexity index is 610. The number of rotatable bonds is 3. The van der Waals surface area contributed by atoms with E-state index in [1.54, 1.807) is 19.1 Å². The zero-order valence-electron chi connectivity index (χ0n) is 9.46. The average Bonchev–Trinajstić information content (AvgIpc) is 2.66. The molecule has 0 spiro atoms. The summed E-state index contributed by atoms with van der Waals surface area (Å²) in [7, 11) is 0. The summed E-state index contributed by atoms with van der Waals surface area (Å²) < 4.78 is 1.04. The molecule has 0 atom stereocenters. The van der Waals surface area contributed by atoms with Crippen molar-refractivity contribution in [3.8, 4) is 11.7 Å². The molecule has 2 heterocycles. The SMILES string of the molecule is CCc1c(O)nn(-c2ncccc2Cl)c1C(=O)O. The standard InChI is InChI=1S/C11H10ClN3O3/c1-2-6-8(11(17)18)15(14-10(6)16)9-7(12)4-3-5-13-9/h3-5H,2H2,1H3,(H,14,16)(H,17,18). The number of nitrogens with zero attached hydrogens (tertiary/aromatic N) is 3. The van der Waals surface area contributed by atoms with Crippen LogP contribution in [0, 0.1) is 0 Å². The van der Waals surface area contributed by atoms with E-state index in [1.807, 2.05) is 0 Å². The highest BCUT2D eigenvalue weighted by molar-refractivity contribution is 6.32. The maximum atomic E-state index is 11.3. The molecule has 7 heteroatoms. The summed E-state index contributed by atoms with van der Waals surface area (Å²) >= 11 is 5.94. The van der Waals surface area contributed by atoms with Crippen molar-refractivity contribution in [2.45, 2.75) is 13.3 Å². The zero-order valence-corrected chi connectivity index (χ0v) is 10.2. The molecular formula is C11H10ClN3O3. The van der Waals surface area contributed by atoms with E-state index in [0.717, 1.165) is 4.68 Å². The second kappa shape index (κ2) is 4.66. The molecule has 0 aliphatic rings. The van der Waals surface area contributed by atoms with Gasteiger partial charge < -0.3 is 10.2 Å². The predicted molar refractivity (Wildman–Crippen MR) is 64.4 cm³/mol. The number of aromatic hydroxyl groups is 1. The molecule has 0 saturated carbocycles. The van der Waals surface area contributed by atoms with Gasteiger partial charge in [0.25, 0.3) is 0 Å². The van der Waals surface area contributed by atoms with Crippen molar-refractivity contribution in [3.05, 3.63) is 34.6 Å². The molecule has 2 aromatic rings. The van der Waals surface area contributed by atoms with E-state index >= 15 is 0 Å². The van der Waals surface area contributed by atoms with Crippen LogP contribution in [0.3, 0.4) is 0 Å². The van der Waals surface area contributed by atoms with E-state index in [0.29, 0.717) is 6.42 Å². The number of hydrogen-bond acceptors (Lipinski definition) is 4. The number of pyridine rings is 1. The Morgan fingerprint density at radius 2 is 2.28 bits per heavy atom. The summed E-state index contributed by atoms with van der Waals surface area (Å²) in [6.07, 6.45) is 1.81. The van der Waals surface area contributed by atoms with Crippen molar-refractivity contribution in [1.82, 2.24) is 14.8 Å². The van der Waals surface area contributed by atoms with Crippen LogP contribution in [0.25, 0.3) is 5.82 Å². The Hall–Kier alpha value is -2.08. The number of halogens is 1. The maximum Gasteiger partial charge on any atom is 0.355 e. The molecule has 2 N–H and O–H groups in total. The van der Waals surface area contributed by atoms with Gasteiger partial charge in [-0.15, -0.1) is 5.10 Å². The highest BCUT2D eigenvalue weighted by atomic mass is 35.5. The molecule has 94 valence electrons. The summed E-state index contributed by atoms with van der Waals surface area (Å²) in [5, 5.41) is 22.9. The second-order valence-corrected chi connectivity index (χ2v) is 3.94. The van der Waals surface area contributed by atoms with E-state index in [9.17, 15) is 15.0 Å². The Kier molecular flexibility index (Phi) is 3.20. The number of carboxylic acids is 1. The van der Waals surface area contributed by atoms with Gasteiger partial charge in [-0.25, -0.2) is 14.5 Å².